The molecule has 0 aliphatic carbocycles. The molecule has 0 saturated carbocycles. The second-order valence-electron chi connectivity index (χ2n) is 4.27. The molecular weight excluding hydrogens is 224 g/mol. The maximum absolute atomic E-state index is 5.61. The van der Waals surface area contributed by atoms with Crippen LogP contribution in [0.4, 0.5) is 0 Å². The van der Waals surface area contributed by atoms with Crippen LogP contribution in [-0.4, -0.2) is 22.7 Å². The van der Waals surface area contributed by atoms with E-state index in [4.69, 9.17) is 4.74 Å². The van der Waals surface area contributed by atoms with Gasteiger partial charge in [-0.3, -0.25) is 0 Å². The summed E-state index contributed by atoms with van der Waals surface area (Å²) in [6, 6.07) is 0. The second kappa shape index (κ2) is 7.84. The Morgan fingerprint density at radius 2 is 2.11 bits per heavy atom. The minimum absolute atomic E-state index is 0.0238. The topological polar surface area (TPSA) is 35.0 Å². The van der Waals surface area contributed by atoms with Crippen molar-refractivity contribution in [1.82, 2.24) is 9.97 Å². The number of ether oxygens (including phenoxy) is 1. The number of hydrogen-bond acceptors (Lipinski definition) is 3. The Balaban J connectivity index is 2.76. The maximum atomic E-state index is 5.61. The zero-order chi connectivity index (χ0) is 13.4. The predicted octanol–water partition coefficient (Wildman–Crippen LogP) is 3.04. The molecule has 0 aromatic carbocycles. The van der Waals surface area contributed by atoms with Crippen LogP contribution in [0.1, 0.15) is 50.2 Å². The van der Waals surface area contributed by atoms with Crippen LogP contribution in [0, 0.1) is 25.7 Å². The molecule has 1 rings (SSSR count). The number of nitrogens with zero attached hydrogens (tertiary/aromatic N) is 2. The Morgan fingerprint density at radius 1 is 1.33 bits per heavy atom. The lowest BCUT2D eigenvalue weighted by Crippen LogP contribution is -2.10. The van der Waals surface area contributed by atoms with E-state index in [9.17, 15) is 0 Å². The molecule has 3 nitrogen and oxygen atoms in total. The highest BCUT2D eigenvalue weighted by atomic mass is 16.5. The third-order valence-corrected chi connectivity index (χ3v) is 2.66. The Morgan fingerprint density at radius 3 is 2.72 bits per heavy atom. The molecule has 1 heterocycles. The van der Waals surface area contributed by atoms with Crippen LogP contribution in [0.5, 0.6) is 0 Å². The number of hydrogen-bond donors (Lipinski definition) is 0. The number of aromatic nitrogens is 2. The second-order valence-corrected chi connectivity index (χ2v) is 4.27. The van der Waals surface area contributed by atoms with E-state index < -0.39 is 0 Å². The molecule has 0 aliphatic rings. The van der Waals surface area contributed by atoms with Crippen molar-refractivity contribution in [2.75, 3.05) is 6.61 Å². The number of aryl methyl sites for hydroxylation is 2. The van der Waals surface area contributed by atoms with Gasteiger partial charge >= 0.3 is 0 Å². The monoisotopic (exact) mass is 246 g/mol. The van der Waals surface area contributed by atoms with E-state index in [1.165, 1.54) is 0 Å². The molecule has 1 aromatic rings. The molecule has 18 heavy (non-hydrogen) atoms. The first-order chi connectivity index (χ1) is 8.67. The van der Waals surface area contributed by atoms with Gasteiger partial charge in [0.25, 0.3) is 0 Å². The molecule has 0 bridgehead atoms. The molecule has 0 spiro atoms. The van der Waals surface area contributed by atoms with Crippen LogP contribution in [0.25, 0.3) is 0 Å². The lowest BCUT2D eigenvalue weighted by molar-refractivity contribution is 0.0952. The minimum atomic E-state index is 0.0238. The molecule has 0 radical (unpaired) electrons. The SMILES string of the molecule is CCCCC(C#Cc1cnc(C)nc1C)OCC. The van der Waals surface area contributed by atoms with Gasteiger partial charge < -0.3 is 4.74 Å². The quantitative estimate of drug-likeness (QED) is 0.749. The fourth-order valence-electron chi connectivity index (χ4n) is 1.65. The van der Waals surface area contributed by atoms with Crippen molar-refractivity contribution in [1.29, 1.82) is 0 Å². The Labute approximate surface area is 110 Å². The van der Waals surface area contributed by atoms with E-state index in [1.54, 1.807) is 6.20 Å². The van der Waals surface area contributed by atoms with E-state index in [-0.39, 0.29) is 6.10 Å². The average Bonchev–Trinajstić information content (AvgIpc) is 2.34. The van der Waals surface area contributed by atoms with E-state index in [2.05, 4.69) is 28.7 Å². The summed E-state index contributed by atoms with van der Waals surface area (Å²) < 4.78 is 5.61. The summed E-state index contributed by atoms with van der Waals surface area (Å²) in [7, 11) is 0. The minimum Gasteiger partial charge on any atom is -0.366 e. The smallest absolute Gasteiger partial charge is 0.125 e. The zero-order valence-electron chi connectivity index (χ0n) is 11.8. The van der Waals surface area contributed by atoms with E-state index in [1.807, 2.05) is 20.8 Å². The van der Waals surface area contributed by atoms with Crippen molar-refractivity contribution in [3.8, 4) is 11.8 Å². The van der Waals surface area contributed by atoms with Gasteiger partial charge in [0.2, 0.25) is 0 Å². The third kappa shape index (κ3) is 4.85. The fraction of sp³-hybridized carbons (Fsp3) is 0.600. The summed E-state index contributed by atoms with van der Waals surface area (Å²) in [4.78, 5) is 8.48. The largest absolute Gasteiger partial charge is 0.366 e. The summed E-state index contributed by atoms with van der Waals surface area (Å²) in [6.45, 7) is 8.72. The first kappa shape index (κ1) is 14.7. The standard InChI is InChI=1S/C15H22N2O/c1-5-7-8-15(18-6-2)10-9-14-11-16-13(4)17-12(14)3/h11,15H,5-8H2,1-4H3. The lowest BCUT2D eigenvalue weighted by atomic mass is 10.1. The van der Waals surface area contributed by atoms with Gasteiger partial charge in [-0.15, -0.1) is 0 Å². The molecule has 0 fully saturated rings. The summed E-state index contributed by atoms with van der Waals surface area (Å²) in [5.41, 5.74) is 1.82. The van der Waals surface area contributed by atoms with Crippen LogP contribution >= 0.6 is 0 Å². The first-order valence-electron chi connectivity index (χ1n) is 6.60. The molecule has 1 aromatic heterocycles. The van der Waals surface area contributed by atoms with Gasteiger partial charge in [0.05, 0.1) is 11.3 Å². The van der Waals surface area contributed by atoms with Gasteiger partial charge in [-0.1, -0.05) is 31.6 Å². The third-order valence-electron chi connectivity index (χ3n) is 2.66. The van der Waals surface area contributed by atoms with E-state index in [0.717, 1.165) is 36.3 Å². The molecular formula is C15H22N2O. The van der Waals surface area contributed by atoms with E-state index in [0.29, 0.717) is 6.61 Å². The molecule has 98 valence electrons. The van der Waals surface area contributed by atoms with Crippen molar-refractivity contribution in [3.05, 3.63) is 23.3 Å². The summed E-state index contributed by atoms with van der Waals surface area (Å²) in [5, 5.41) is 0. The summed E-state index contributed by atoms with van der Waals surface area (Å²) in [5.74, 6) is 7.10. The molecule has 0 aliphatic heterocycles. The van der Waals surface area contributed by atoms with Gasteiger partial charge in [0.15, 0.2) is 0 Å². The van der Waals surface area contributed by atoms with Crippen LogP contribution in [-0.2, 0) is 4.74 Å². The van der Waals surface area contributed by atoms with Crippen LogP contribution in [0.2, 0.25) is 0 Å². The molecule has 3 heteroatoms. The van der Waals surface area contributed by atoms with Crippen LogP contribution in [0.15, 0.2) is 6.20 Å². The van der Waals surface area contributed by atoms with E-state index >= 15 is 0 Å². The van der Waals surface area contributed by atoms with Gasteiger partial charge in [-0.25, -0.2) is 9.97 Å². The Kier molecular flexibility index (Phi) is 6.38. The van der Waals surface area contributed by atoms with Crippen molar-refractivity contribution in [2.24, 2.45) is 0 Å². The number of unbranched alkanes of at least 4 members (excludes halogenated alkanes) is 1. The Hall–Kier alpha value is -1.40. The fourth-order valence-corrected chi connectivity index (χ4v) is 1.65. The predicted molar refractivity (Wildman–Crippen MR) is 73.3 cm³/mol. The molecule has 1 unspecified atom stereocenters. The summed E-state index contributed by atoms with van der Waals surface area (Å²) >= 11 is 0. The average molecular weight is 246 g/mol. The zero-order valence-corrected chi connectivity index (χ0v) is 11.8. The Bertz CT molecular complexity index is 432. The van der Waals surface area contributed by atoms with Crippen molar-refractivity contribution in [3.63, 3.8) is 0 Å². The highest BCUT2D eigenvalue weighted by molar-refractivity contribution is 5.36. The van der Waals surface area contributed by atoms with Crippen molar-refractivity contribution in [2.45, 2.75) is 53.1 Å². The lowest BCUT2D eigenvalue weighted by Gasteiger charge is -2.09. The van der Waals surface area contributed by atoms with Crippen molar-refractivity contribution >= 4 is 0 Å². The van der Waals surface area contributed by atoms with Crippen LogP contribution in [0.3, 0.4) is 0 Å². The molecule has 0 saturated heterocycles. The first-order valence-corrected chi connectivity index (χ1v) is 6.60. The molecule has 0 amide bonds. The van der Waals surface area contributed by atoms with Gasteiger partial charge in [-0.2, -0.15) is 0 Å². The van der Waals surface area contributed by atoms with Gasteiger partial charge in [0, 0.05) is 12.8 Å². The number of rotatable bonds is 5. The van der Waals surface area contributed by atoms with Crippen molar-refractivity contribution < 1.29 is 4.74 Å². The van der Waals surface area contributed by atoms with Gasteiger partial charge in [-0.05, 0) is 27.2 Å². The van der Waals surface area contributed by atoms with Crippen LogP contribution < -0.4 is 0 Å². The molecule has 1 atom stereocenters. The maximum Gasteiger partial charge on any atom is 0.125 e. The molecule has 0 N–H and O–H groups in total. The normalized spacial score (nSPS) is 11.8. The highest BCUT2D eigenvalue weighted by Crippen LogP contribution is 2.06. The van der Waals surface area contributed by atoms with Gasteiger partial charge in [0.1, 0.15) is 11.9 Å². The summed E-state index contributed by atoms with van der Waals surface area (Å²) in [6.07, 6.45) is 5.10. The highest BCUT2D eigenvalue weighted by Gasteiger charge is 2.03.